The van der Waals surface area contributed by atoms with Gasteiger partial charge in [-0.15, -0.1) is 11.3 Å². The first-order valence-corrected chi connectivity index (χ1v) is 10.5. The number of pyridine rings is 1. The van der Waals surface area contributed by atoms with Crippen molar-refractivity contribution in [2.45, 2.75) is 45.7 Å². The van der Waals surface area contributed by atoms with Gasteiger partial charge in [-0.05, 0) is 38.8 Å². The van der Waals surface area contributed by atoms with E-state index in [1.807, 2.05) is 19.3 Å². The monoisotopic (exact) mass is 386 g/mol. The molecule has 1 fully saturated rings. The highest BCUT2D eigenvalue weighted by atomic mass is 32.1. The number of thiazole rings is 1. The number of piperidine rings is 1. The van der Waals surface area contributed by atoms with E-state index in [4.69, 9.17) is 0 Å². The summed E-state index contributed by atoms with van der Waals surface area (Å²) in [6, 6.07) is 6.60. The minimum atomic E-state index is 0.476. The summed E-state index contributed by atoms with van der Waals surface area (Å²) in [6.45, 7) is 8.14. The summed E-state index contributed by atoms with van der Waals surface area (Å²) >= 11 is 1.79. The van der Waals surface area contributed by atoms with Gasteiger partial charge in [0.2, 0.25) is 0 Å². The number of nitrogens with zero attached hydrogens (tertiary/aromatic N) is 4. The predicted octanol–water partition coefficient (Wildman–Crippen LogP) is 2.53. The van der Waals surface area contributed by atoms with Crippen LogP contribution in [0.4, 0.5) is 0 Å². The van der Waals surface area contributed by atoms with Crippen LogP contribution < -0.4 is 10.6 Å². The smallest absolute Gasteiger partial charge is 0.191 e. The van der Waals surface area contributed by atoms with Crippen molar-refractivity contribution in [1.29, 1.82) is 0 Å². The first-order valence-electron chi connectivity index (χ1n) is 9.66. The Morgan fingerprint density at radius 2 is 2.11 bits per heavy atom. The van der Waals surface area contributed by atoms with Crippen molar-refractivity contribution in [3.8, 4) is 0 Å². The number of likely N-dealkylation sites (tertiary alicyclic amines) is 1. The van der Waals surface area contributed by atoms with Crippen molar-refractivity contribution in [2.24, 2.45) is 4.99 Å². The Bertz CT molecular complexity index is 734. The van der Waals surface area contributed by atoms with Crippen molar-refractivity contribution >= 4 is 17.3 Å². The van der Waals surface area contributed by atoms with Gasteiger partial charge in [-0.1, -0.05) is 6.07 Å². The third-order valence-corrected chi connectivity index (χ3v) is 6.04. The molecule has 0 bridgehead atoms. The third-order valence-electron chi connectivity index (χ3n) is 4.91. The Hall–Kier alpha value is -1.99. The maximum absolute atomic E-state index is 4.50. The molecule has 0 spiro atoms. The van der Waals surface area contributed by atoms with Crippen LogP contribution in [0.2, 0.25) is 0 Å². The molecule has 27 heavy (non-hydrogen) atoms. The fourth-order valence-corrected chi connectivity index (χ4v) is 4.38. The van der Waals surface area contributed by atoms with Crippen LogP contribution in [0.3, 0.4) is 0 Å². The molecule has 2 aromatic rings. The van der Waals surface area contributed by atoms with Gasteiger partial charge in [-0.3, -0.25) is 14.9 Å². The molecule has 3 heterocycles. The fourth-order valence-electron chi connectivity index (χ4n) is 3.44. The molecule has 0 radical (unpaired) electrons. The standard InChI is InChI=1S/C20H30N6S/c1-15-19(27-16(2)24-15)7-11-23-20(21-3)25-17-8-12-26(13-9-17)14-18-6-4-5-10-22-18/h4-6,10,17H,7-9,11-14H2,1-3H3,(H2,21,23,25). The molecule has 1 saturated heterocycles. The number of guanidine groups is 1. The molecule has 0 saturated carbocycles. The summed E-state index contributed by atoms with van der Waals surface area (Å²) in [5, 5.41) is 8.17. The van der Waals surface area contributed by atoms with E-state index in [-0.39, 0.29) is 0 Å². The molecular formula is C20H30N6S. The normalized spacial score (nSPS) is 16.5. The van der Waals surface area contributed by atoms with E-state index >= 15 is 0 Å². The van der Waals surface area contributed by atoms with E-state index < -0.39 is 0 Å². The molecule has 6 nitrogen and oxygen atoms in total. The summed E-state index contributed by atoms with van der Waals surface area (Å²) in [7, 11) is 1.84. The van der Waals surface area contributed by atoms with Gasteiger partial charge >= 0.3 is 0 Å². The summed E-state index contributed by atoms with van der Waals surface area (Å²) < 4.78 is 0. The summed E-state index contributed by atoms with van der Waals surface area (Å²) in [4.78, 5) is 17.1. The minimum absolute atomic E-state index is 0.476. The Labute approximate surface area is 166 Å². The Balaban J connectivity index is 1.38. The second kappa shape index (κ2) is 9.80. The Morgan fingerprint density at radius 3 is 2.74 bits per heavy atom. The number of nitrogens with one attached hydrogen (secondary N) is 2. The van der Waals surface area contributed by atoms with Crippen molar-refractivity contribution in [3.63, 3.8) is 0 Å². The van der Waals surface area contributed by atoms with Gasteiger partial charge < -0.3 is 10.6 Å². The zero-order valence-corrected chi connectivity index (χ0v) is 17.4. The lowest BCUT2D eigenvalue weighted by Crippen LogP contribution is -2.48. The van der Waals surface area contributed by atoms with Gasteiger partial charge in [-0.2, -0.15) is 0 Å². The maximum atomic E-state index is 4.50. The maximum Gasteiger partial charge on any atom is 0.191 e. The number of aromatic nitrogens is 2. The molecule has 1 aliphatic heterocycles. The fraction of sp³-hybridized carbons (Fsp3) is 0.550. The molecule has 0 unspecified atom stereocenters. The third kappa shape index (κ3) is 6.01. The van der Waals surface area contributed by atoms with Gasteiger partial charge in [-0.25, -0.2) is 4.98 Å². The topological polar surface area (TPSA) is 65.4 Å². The number of aryl methyl sites for hydroxylation is 2. The van der Waals surface area contributed by atoms with Crippen LogP contribution in [0, 0.1) is 13.8 Å². The Morgan fingerprint density at radius 1 is 1.30 bits per heavy atom. The van der Waals surface area contributed by atoms with Crippen LogP contribution in [0.5, 0.6) is 0 Å². The largest absolute Gasteiger partial charge is 0.356 e. The first-order chi connectivity index (χ1) is 13.1. The van der Waals surface area contributed by atoms with Crippen LogP contribution >= 0.6 is 11.3 Å². The SMILES string of the molecule is CN=C(NCCc1sc(C)nc1C)NC1CCN(Cc2ccccn2)CC1. The number of hydrogen-bond donors (Lipinski definition) is 2. The van der Waals surface area contributed by atoms with Gasteiger partial charge in [0.05, 0.1) is 16.4 Å². The average molecular weight is 387 g/mol. The lowest BCUT2D eigenvalue weighted by molar-refractivity contribution is 0.196. The number of rotatable bonds is 6. The van der Waals surface area contributed by atoms with Crippen LogP contribution in [0.15, 0.2) is 29.4 Å². The number of aliphatic imine (C=N–C) groups is 1. The lowest BCUT2D eigenvalue weighted by Gasteiger charge is -2.32. The van der Waals surface area contributed by atoms with Crippen molar-refractivity contribution < 1.29 is 0 Å². The first kappa shape index (κ1) is 19.8. The minimum Gasteiger partial charge on any atom is -0.356 e. The van der Waals surface area contributed by atoms with Crippen LogP contribution in [0.1, 0.15) is 34.1 Å². The molecule has 7 heteroatoms. The molecule has 2 aromatic heterocycles. The van der Waals surface area contributed by atoms with Gasteiger partial charge in [0.15, 0.2) is 5.96 Å². The molecule has 0 atom stereocenters. The van der Waals surface area contributed by atoms with Crippen molar-refractivity contribution in [3.05, 3.63) is 45.7 Å². The Kier molecular flexibility index (Phi) is 7.18. The summed E-state index contributed by atoms with van der Waals surface area (Å²) in [5.41, 5.74) is 2.30. The van der Waals surface area contributed by atoms with Gasteiger partial charge in [0, 0.05) is 56.8 Å². The van der Waals surface area contributed by atoms with E-state index in [0.717, 1.165) is 67.8 Å². The summed E-state index contributed by atoms with van der Waals surface area (Å²) in [6.07, 6.45) is 5.11. The highest BCUT2D eigenvalue weighted by Gasteiger charge is 2.20. The summed E-state index contributed by atoms with van der Waals surface area (Å²) in [5.74, 6) is 0.900. The molecule has 0 aromatic carbocycles. The molecular weight excluding hydrogens is 356 g/mol. The number of hydrogen-bond acceptors (Lipinski definition) is 5. The molecule has 1 aliphatic rings. The van der Waals surface area contributed by atoms with Crippen LogP contribution in [-0.4, -0.2) is 53.6 Å². The van der Waals surface area contributed by atoms with Gasteiger partial charge in [0.25, 0.3) is 0 Å². The van der Waals surface area contributed by atoms with Crippen LogP contribution in [-0.2, 0) is 13.0 Å². The van der Waals surface area contributed by atoms with E-state index in [9.17, 15) is 0 Å². The zero-order chi connectivity index (χ0) is 19.1. The van der Waals surface area contributed by atoms with E-state index in [1.165, 1.54) is 4.88 Å². The second-order valence-corrected chi connectivity index (χ2v) is 8.29. The molecule has 0 aliphatic carbocycles. The highest BCUT2D eigenvalue weighted by Crippen LogP contribution is 2.17. The predicted molar refractivity (Wildman–Crippen MR) is 112 cm³/mol. The lowest BCUT2D eigenvalue weighted by atomic mass is 10.0. The average Bonchev–Trinajstić information content (AvgIpc) is 3.00. The zero-order valence-electron chi connectivity index (χ0n) is 16.5. The quantitative estimate of drug-likeness (QED) is 0.590. The van der Waals surface area contributed by atoms with Crippen LogP contribution in [0.25, 0.3) is 0 Å². The molecule has 2 N–H and O–H groups in total. The van der Waals surface area contributed by atoms with Gasteiger partial charge in [0.1, 0.15) is 0 Å². The van der Waals surface area contributed by atoms with E-state index in [2.05, 4.69) is 56.5 Å². The van der Waals surface area contributed by atoms with Crippen molar-refractivity contribution in [2.75, 3.05) is 26.7 Å². The molecule has 0 amide bonds. The molecule has 146 valence electrons. The van der Waals surface area contributed by atoms with Crippen molar-refractivity contribution in [1.82, 2.24) is 25.5 Å². The second-order valence-electron chi connectivity index (χ2n) is 7.01. The van der Waals surface area contributed by atoms with E-state index in [0.29, 0.717) is 6.04 Å². The molecule has 3 rings (SSSR count). The van der Waals surface area contributed by atoms with E-state index in [1.54, 1.807) is 11.3 Å². The highest BCUT2D eigenvalue weighted by molar-refractivity contribution is 7.11.